The third-order valence-corrected chi connectivity index (χ3v) is 2.84. The molecule has 0 spiro atoms. The fourth-order valence-electron chi connectivity index (χ4n) is 1.77. The number of aryl methyl sites for hydroxylation is 1. The first-order valence-electron chi connectivity index (χ1n) is 5.94. The summed E-state index contributed by atoms with van der Waals surface area (Å²) in [7, 11) is 1.64. The van der Waals surface area contributed by atoms with Crippen LogP contribution >= 0.6 is 0 Å². The maximum Gasteiger partial charge on any atom is 0.225 e. The van der Waals surface area contributed by atoms with Gasteiger partial charge >= 0.3 is 0 Å². The van der Waals surface area contributed by atoms with E-state index >= 15 is 0 Å². The van der Waals surface area contributed by atoms with Crippen molar-refractivity contribution in [3.05, 3.63) is 41.6 Å². The molecule has 0 fully saturated rings. The molecule has 0 aliphatic carbocycles. The van der Waals surface area contributed by atoms with Gasteiger partial charge < -0.3 is 14.9 Å². The predicted octanol–water partition coefficient (Wildman–Crippen LogP) is 1.73. The van der Waals surface area contributed by atoms with E-state index in [0.29, 0.717) is 18.3 Å². The van der Waals surface area contributed by atoms with Crippen molar-refractivity contribution in [2.75, 3.05) is 13.7 Å². The van der Waals surface area contributed by atoms with Crippen molar-refractivity contribution >= 4 is 0 Å². The first-order chi connectivity index (χ1) is 8.78. The van der Waals surface area contributed by atoms with E-state index in [0.717, 1.165) is 17.7 Å². The molecule has 96 valence electrons. The lowest BCUT2D eigenvalue weighted by Gasteiger charge is -2.11. The summed E-state index contributed by atoms with van der Waals surface area (Å²) < 4.78 is 10.7. The number of hydrogen-bond acceptors (Lipinski definition) is 5. The number of ether oxygens (including phenoxy) is 1. The molecule has 2 aromatic rings. The largest absolute Gasteiger partial charge is 0.497 e. The van der Waals surface area contributed by atoms with Crippen molar-refractivity contribution < 1.29 is 9.15 Å². The molecule has 0 aliphatic heterocycles. The Morgan fingerprint density at radius 1 is 1.28 bits per heavy atom. The van der Waals surface area contributed by atoms with Gasteiger partial charge in [0, 0.05) is 13.0 Å². The third kappa shape index (κ3) is 2.51. The number of aromatic nitrogens is 2. The van der Waals surface area contributed by atoms with E-state index in [-0.39, 0.29) is 5.92 Å². The molecular formula is C13H17N3O2. The van der Waals surface area contributed by atoms with Gasteiger partial charge in [0.25, 0.3) is 0 Å². The summed E-state index contributed by atoms with van der Waals surface area (Å²) in [5.41, 5.74) is 6.84. The Bertz CT molecular complexity index is 493. The lowest BCUT2D eigenvalue weighted by Crippen LogP contribution is -2.14. The normalized spacial score (nSPS) is 12.4. The van der Waals surface area contributed by atoms with Crippen LogP contribution in [0, 0.1) is 0 Å². The maximum atomic E-state index is 5.80. The summed E-state index contributed by atoms with van der Waals surface area (Å²) in [6.07, 6.45) is 0.729. The lowest BCUT2D eigenvalue weighted by atomic mass is 9.99. The van der Waals surface area contributed by atoms with Gasteiger partial charge in [0.2, 0.25) is 11.8 Å². The van der Waals surface area contributed by atoms with Crippen LogP contribution in [-0.2, 0) is 6.42 Å². The summed E-state index contributed by atoms with van der Waals surface area (Å²) in [6.45, 7) is 2.40. The molecular weight excluding hydrogens is 230 g/mol. The molecule has 0 aliphatic rings. The van der Waals surface area contributed by atoms with Crippen molar-refractivity contribution in [3.8, 4) is 5.75 Å². The van der Waals surface area contributed by atoms with E-state index in [2.05, 4.69) is 10.2 Å². The molecule has 1 aromatic heterocycles. The Hall–Kier alpha value is -1.88. The molecule has 18 heavy (non-hydrogen) atoms. The number of methoxy groups -OCH3 is 1. The Morgan fingerprint density at radius 2 is 2.00 bits per heavy atom. The van der Waals surface area contributed by atoms with E-state index in [1.165, 1.54) is 0 Å². The highest BCUT2D eigenvalue weighted by atomic mass is 16.5. The van der Waals surface area contributed by atoms with Crippen LogP contribution in [-0.4, -0.2) is 23.9 Å². The minimum atomic E-state index is -0.0660. The van der Waals surface area contributed by atoms with E-state index in [9.17, 15) is 0 Å². The molecule has 1 atom stereocenters. The van der Waals surface area contributed by atoms with E-state index in [1.54, 1.807) is 7.11 Å². The van der Waals surface area contributed by atoms with E-state index < -0.39 is 0 Å². The van der Waals surface area contributed by atoms with Gasteiger partial charge in [-0.15, -0.1) is 10.2 Å². The van der Waals surface area contributed by atoms with Crippen molar-refractivity contribution in [1.29, 1.82) is 0 Å². The van der Waals surface area contributed by atoms with Gasteiger partial charge in [-0.05, 0) is 17.7 Å². The van der Waals surface area contributed by atoms with Gasteiger partial charge in [-0.3, -0.25) is 0 Å². The summed E-state index contributed by atoms with van der Waals surface area (Å²) in [4.78, 5) is 0. The zero-order chi connectivity index (χ0) is 13.0. The average Bonchev–Trinajstić information content (AvgIpc) is 2.89. The zero-order valence-electron chi connectivity index (χ0n) is 10.6. The first kappa shape index (κ1) is 12.6. The minimum Gasteiger partial charge on any atom is -0.497 e. The SMILES string of the molecule is CCc1nnc(C(CN)c2ccc(OC)cc2)o1. The molecule has 0 radical (unpaired) electrons. The maximum absolute atomic E-state index is 5.80. The van der Waals surface area contributed by atoms with Crippen molar-refractivity contribution in [1.82, 2.24) is 10.2 Å². The molecule has 1 heterocycles. The van der Waals surface area contributed by atoms with Crippen LogP contribution in [0.4, 0.5) is 0 Å². The molecule has 0 amide bonds. The molecule has 1 unspecified atom stereocenters. The molecule has 0 bridgehead atoms. The highest BCUT2D eigenvalue weighted by Crippen LogP contribution is 2.24. The smallest absolute Gasteiger partial charge is 0.225 e. The van der Waals surface area contributed by atoms with Gasteiger partial charge in [0.15, 0.2) is 0 Å². The molecule has 5 heteroatoms. The van der Waals surface area contributed by atoms with Crippen molar-refractivity contribution in [3.63, 3.8) is 0 Å². The molecule has 0 saturated carbocycles. The third-order valence-electron chi connectivity index (χ3n) is 2.84. The Labute approximate surface area is 106 Å². The predicted molar refractivity (Wildman–Crippen MR) is 67.6 cm³/mol. The summed E-state index contributed by atoms with van der Waals surface area (Å²) in [5.74, 6) is 1.95. The van der Waals surface area contributed by atoms with Gasteiger partial charge in [-0.25, -0.2) is 0 Å². The van der Waals surface area contributed by atoms with Gasteiger partial charge in [0.1, 0.15) is 5.75 Å². The summed E-state index contributed by atoms with van der Waals surface area (Å²) in [5, 5.41) is 8.02. The quantitative estimate of drug-likeness (QED) is 0.871. The molecule has 1 aromatic carbocycles. The zero-order valence-corrected chi connectivity index (χ0v) is 10.6. The summed E-state index contributed by atoms with van der Waals surface area (Å²) >= 11 is 0. The highest BCUT2D eigenvalue weighted by molar-refractivity contribution is 5.32. The van der Waals surface area contributed by atoms with Crippen LogP contribution in [0.1, 0.15) is 30.2 Å². The van der Waals surface area contributed by atoms with Crippen LogP contribution in [0.2, 0.25) is 0 Å². The van der Waals surface area contributed by atoms with Crippen LogP contribution < -0.4 is 10.5 Å². The highest BCUT2D eigenvalue weighted by Gasteiger charge is 2.19. The monoisotopic (exact) mass is 247 g/mol. The van der Waals surface area contributed by atoms with Crippen LogP contribution in [0.15, 0.2) is 28.7 Å². The van der Waals surface area contributed by atoms with Gasteiger partial charge in [-0.1, -0.05) is 19.1 Å². The average molecular weight is 247 g/mol. The number of rotatable bonds is 5. The fourth-order valence-corrected chi connectivity index (χ4v) is 1.77. The standard InChI is InChI=1S/C13H17N3O2/c1-3-12-15-16-13(18-12)11(8-14)9-4-6-10(17-2)7-5-9/h4-7,11H,3,8,14H2,1-2H3. The molecule has 2 rings (SSSR count). The summed E-state index contributed by atoms with van der Waals surface area (Å²) in [6, 6.07) is 7.72. The fraction of sp³-hybridized carbons (Fsp3) is 0.385. The topological polar surface area (TPSA) is 74.2 Å². The number of nitrogens with zero attached hydrogens (tertiary/aromatic N) is 2. The number of hydrogen-bond donors (Lipinski definition) is 1. The minimum absolute atomic E-state index is 0.0660. The van der Waals surface area contributed by atoms with E-state index in [1.807, 2.05) is 31.2 Å². The van der Waals surface area contributed by atoms with Crippen LogP contribution in [0.25, 0.3) is 0 Å². The molecule has 0 saturated heterocycles. The second-order valence-electron chi connectivity index (χ2n) is 3.95. The van der Waals surface area contributed by atoms with E-state index in [4.69, 9.17) is 14.9 Å². The second-order valence-corrected chi connectivity index (χ2v) is 3.95. The van der Waals surface area contributed by atoms with Crippen LogP contribution in [0.3, 0.4) is 0 Å². The van der Waals surface area contributed by atoms with Gasteiger partial charge in [0.05, 0.1) is 13.0 Å². The number of nitrogens with two attached hydrogens (primary N) is 1. The Morgan fingerprint density at radius 3 is 2.50 bits per heavy atom. The Balaban J connectivity index is 2.26. The van der Waals surface area contributed by atoms with Crippen molar-refractivity contribution in [2.45, 2.75) is 19.3 Å². The molecule has 5 nitrogen and oxygen atoms in total. The Kier molecular flexibility index (Phi) is 3.94. The first-order valence-corrected chi connectivity index (χ1v) is 5.94. The van der Waals surface area contributed by atoms with Gasteiger partial charge in [-0.2, -0.15) is 0 Å². The lowest BCUT2D eigenvalue weighted by molar-refractivity contribution is 0.414. The van der Waals surface area contributed by atoms with Crippen molar-refractivity contribution in [2.24, 2.45) is 5.73 Å². The number of benzene rings is 1. The second kappa shape index (κ2) is 5.64. The van der Waals surface area contributed by atoms with Crippen LogP contribution in [0.5, 0.6) is 5.75 Å². The molecule has 2 N–H and O–H groups in total.